The lowest BCUT2D eigenvalue weighted by Gasteiger charge is -2.05. The van der Waals surface area contributed by atoms with Crippen LogP contribution in [0.5, 0.6) is 0 Å². The quantitative estimate of drug-likeness (QED) is 0.446. The van der Waals surface area contributed by atoms with Crippen LogP contribution in [0.3, 0.4) is 0 Å². The molecule has 0 bridgehead atoms. The van der Waals surface area contributed by atoms with Crippen molar-refractivity contribution in [2.45, 2.75) is 5.92 Å². The van der Waals surface area contributed by atoms with Gasteiger partial charge in [-0.05, 0) is 12.1 Å². The summed E-state index contributed by atoms with van der Waals surface area (Å²) in [4.78, 5) is 22.9. The molecule has 0 aliphatic heterocycles. The number of Topliss-reactive ketones (excluding diaryl/α,β-unsaturated/α-hetero) is 1. The van der Waals surface area contributed by atoms with E-state index in [-0.39, 0.29) is 5.78 Å². The van der Waals surface area contributed by atoms with Gasteiger partial charge in [0.25, 0.3) is 0 Å². The predicted octanol–water partition coefficient (Wildman–Crippen LogP) is 2.45. The van der Waals surface area contributed by atoms with Gasteiger partial charge in [0.2, 0.25) is 0 Å². The molecule has 1 aromatic carbocycles. The molecule has 1 unspecified atom stereocenters. The number of furan rings is 1. The maximum atomic E-state index is 12.0. The van der Waals surface area contributed by atoms with Gasteiger partial charge in [0.1, 0.15) is 18.0 Å². The predicted molar refractivity (Wildman–Crippen MR) is 58.3 cm³/mol. The fourth-order valence-electron chi connectivity index (χ4n) is 1.51. The molecule has 0 aliphatic carbocycles. The van der Waals surface area contributed by atoms with Gasteiger partial charge < -0.3 is 9.21 Å². The molecule has 1 heterocycles. The Labute approximate surface area is 92.7 Å². The summed E-state index contributed by atoms with van der Waals surface area (Å²) in [5.74, 6) is -0.716. The molecule has 80 valence electrons. The molecule has 16 heavy (non-hydrogen) atoms. The summed E-state index contributed by atoms with van der Waals surface area (Å²) in [5, 5.41) is 0. The molecule has 0 spiro atoms. The van der Waals surface area contributed by atoms with E-state index < -0.39 is 5.92 Å². The number of rotatable bonds is 4. The van der Waals surface area contributed by atoms with Crippen molar-refractivity contribution in [2.75, 3.05) is 0 Å². The Balaban J connectivity index is 2.30. The van der Waals surface area contributed by atoms with E-state index in [0.29, 0.717) is 17.6 Å². The number of ketones is 1. The highest BCUT2D eigenvalue weighted by Crippen LogP contribution is 2.19. The molecular formula is C13H10O3. The zero-order valence-electron chi connectivity index (χ0n) is 8.50. The number of carbonyl (C=O) groups excluding carboxylic acids is 2. The molecule has 0 fully saturated rings. The van der Waals surface area contributed by atoms with E-state index in [1.807, 2.05) is 6.07 Å². The van der Waals surface area contributed by atoms with E-state index in [1.165, 1.54) is 6.26 Å². The second-order valence-electron chi connectivity index (χ2n) is 3.36. The average molecular weight is 214 g/mol. The number of hydrogen-bond acceptors (Lipinski definition) is 3. The van der Waals surface area contributed by atoms with Crippen LogP contribution < -0.4 is 0 Å². The van der Waals surface area contributed by atoms with E-state index in [2.05, 4.69) is 0 Å². The smallest absolute Gasteiger partial charge is 0.180 e. The Bertz CT molecular complexity index is 471. The Kier molecular flexibility index (Phi) is 2.96. The van der Waals surface area contributed by atoms with Crippen molar-refractivity contribution in [2.24, 2.45) is 0 Å². The molecule has 3 heteroatoms. The second kappa shape index (κ2) is 4.57. The van der Waals surface area contributed by atoms with Gasteiger partial charge in [-0.1, -0.05) is 30.3 Å². The van der Waals surface area contributed by atoms with Gasteiger partial charge in [0.05, 0.1) is 6.26 Å². The highest BCUT2D eigenvalue weighted by molar-refractivity contribution is 6.08. The normalized spacial score (nSPS) is 12.0. The van der Waals surface area contributed by atoms with Crippen LogP contribution in [0.15, 0.2) is 53.1 Å². The van der Waals surface area contributed by atoms with Gasteiger partial charge >= 0.3 is 0 Å². The molecule has 2 rings (SSSR count). The third-order valence-corrected chi connectivity index (χ3v) is 2.33. The van der Waals surface area contributed by atoms with Crippen molar-refractivity contribution in [1.29, 1.82) is 0 Å². The molecule has 0 aliphatic rings. The lowest BCUT2D eigenvalue weighted by Crippen LogP contribution is -2.13. The Morgan fingerprint density at radius 1 is 1.12 bits per heavy atom. The van der Waals surface area contributed by atoms with Crippen LogP contribution in [0, 0.1) is 0 Å². The summed E-state index contributed by atoms with van der Waals surface area (Å²) in [7, 11) is 0. The molecule has 1 atom stereocenters. The summed E-state index contributed by atoms with van der Waals surface area (Å²) in [6.07, 6.45) is 2.05. The van der Waals surface area contributed by atoms with E-state index >= 15 is 0 Å². The van der Waals surface area contributed by atoms with Gasteiger partial charge in [-0.2, -0.15) is 0 Å². The molecule has 0 saturated heterocycles. The first-order chi connectivity index (χ1) is 7.83. The van der Waals surface area contributed by atoms with Crippen LogP contribution in [0.2, 0.25) is 0 Å². The molecule has 1 aromatic heterocycles. The summed E-state index contributed by atoms with van der Waals surface area (Å²) in [6.45, 7) is 0. The number of aldehydes is 1. The summed E-state index contributed by atoms with van der Waals surface area (Å²) in [6, 6.07) is 12.0. The molecule has 0 N–H and O–H groups in total. The van der Waals surface area contributed by atoms with Crippen molar-refractivity contribution in [3.05, 3.63) is 60.1 Å². The molecular weight excluding hydrogens is 204 g/mol. The summed E-state index contributed by atoms with van der Waals surface area (Å²) in [5.41, 5.74) is 0.510. The summed E-state index contributed by atoms with van der Waals surface area (Å²) < 4.78 is 5.08. The Morgan fingerprint density at radius 2 is 1.88 bits per heavy atom. The number of benzene rings is 1. The van der Waals surface area contributed by atoms with Crippen molar-refractivity contribution < 1.29 is 14.0 Å². The van der Waals surface area contributed by atoms with Crippen LogP contribution in [-0.4, -0.2) is 12.1 Å². The Hall–Kier alpha value is -2.16. The lowest BCUT2D eigenvalue weighted by molar-refractivity contribution is -0.108. The van der Waals surface area contributed by atoms with Crippen LogP contribution >= 0.6 is 0 Å². The zero-order chi connectivity index (χ0) is 11.4. The monoisotopic (exact) mass is 214 g/mol. The van der Waals surface area contributed by atoms with Crippen LogP contribution in [0.1, 0.15) is 22.0 Å². The van der Waals surface area contributed by atoms with Gasteiger partial charge in [0, 0.05) is 5.56 Å². The van der Waals surface area contributed by atoms with Crippen molar-refractivity contribution in [3.63, 3.8) is 0 Å². The largest absolute Gasteiger partial charge is 0.468 e. The fraction of sp³-hybridized carbons (Fsp3) is 0.0769. The Morgan fingerprint density at radius 3 is 2.44 bits per heavy atom. The minimum atomic E-state index is -0.850. The van der Waals surface area contributed by atoms with Gasteiger partial charge in [0.15, 0.2) is 5.78 Å². The third kappa shape index (κ3) is 1.93. The van der Waals surface area contributed by atoms with Gasteiger partial charge in [-0.3, -0.25) is 4.79 Å². The van der Waals surface area contributed by atoms with Crippen LogP contribution in [0.25, 0.3) is 0 Å². The molecule has 2 aromatic rings. The van der Waals surface area contributed by atoms with Crippen LogP contribution in [-0.2, 0) is 4.79 Å². The summed E-state index contributed by atoms with van der Waals surface area (Å²) >= 11 is 0. The van der Waals surface area contributed by atoms with Crippen LogP contribution in [0.4, 0.5) is 0 Å². The fourth-order valence-corrected chi connectivity index (χ4v) is 1.51. The maximum Gasteiger partial charge on any atom is 0.180 e. The molecule has 0 saturated carbocycles. The van der Waals surface area contributed by atoms with Gasteiger partial charge in [-0.25, -0.2) is 0 Å². The third-order valence-electron chi connectivity index (χ3n) is 2.33. The molecule has 0 amide bonds. The van der Waals surface area contributed by atoms with E-state index in [1.54, 1.807) is 36.4 Å². The van der Waals surface area contributed by atoms with Gasteiger partial charge in [-0.15, -0.1) is 0 Å². The first-order valence-corrected chi connectivity index (χ1v) is 4.91. The average Bonchev–Trinajstić information content (AvgIpc) is 2.85. The standard InChI is InChI=1S/C13H10O3/c14-9-11(12-7-4-8-16-12)13(15)10-5-2-1-3-6-10/h1-9,11H. The molecule has 3 nitrogen and oxygen atoms in total. The number of carbonyl (C=O) groups is 2. The first kappa shape index (κ1) is 10.4. The van der Waals surface area contributed by atoms with E-state index in [0.717, 1.165) is 0 Å². The lowest BCUT2D eigenvalue weighted by atomic mass is 9.97. The SMILES string of the molecule is O=CC(C(=O)c1ccccc1)c1ccco1. The van der Waals surface area contributed by atoms with E-state index in [4.69, 9.17) is 4.42 Å². The van der Waals surface area contributed by atoms with Crippen molar-refractivity contribution >= 4 is 12.1 Å². The highest BCUT2D eigenvalue weighted by atomic mass is 16.3. The van der Waals surface area contributed by atoms with Crippen molar-refractivity contribution in [3.8, 4) is 0 Å². The maximum absolute atomic E-state index is 12.0. The minimum absolute atomic E-state index is 0.245. The topological polar surface area (TPSA) is 47.3 Å². The second-order valence-corrected chi connectivity index (χ2v) is 3.36. The highest BCUT2D eigenvalue weighted by Gasteiger charge is 2.23. The van der Waals surface area contributed by atoms with Crippen molar-refractivity contribution in [1.82, 2.24) is 0 Å². The molecule has 0 radical (unpaired) electrons. The first-order valence-electron chi connectivity index (χ1n) is 4.91. The zero-order valence-corrected chi connectivity index (χ0v) is 8.50. The minimum Gasteiger partial charge on any atom is -0.468 e. The van der Waals surface area contributed by atoms with E-state index in [9.17, 15) is 9.59 Å². The number of hydrogen-bond donors (Lipinski definition) is 0.